The van der Waals surface area contributed by atoms with Gasteiger partial charge in [-0.25, -0.2) is 4.79 Å². The number of rotatable bonds is 11. The molecule has 1 aromatic carbocycles. The van der Waals surface area contributed by atoms with Crippen LogP contribution in [0.5, 0.6) is 5.75 Å². The fourth-order valence-corrected chi connectivity index (χ4v) is 2.66. The lowest BCUT2D eigenvalue weighted by Gasteiger charge is -2.08. The van der Waals surface area contributed by atoms with E-state index >= 15 is 0 Å². The van der Waals surface area contributed by atoms with Crippen molar-refractivity contribution < 1.29 is 14.6 Å². The Hall–Kier alpha value is -1.03. The van der Waals surface area contributed by atoms with Crippen molar-refractivity contribution in [1.82, 2.24) is 0 Å². The lowest BCUT2D eigenvalue weighted by Crippen LogP contribution is -2.00. The third kappa shape index (κ3) is 7.51. The van der Waals surface area contributed by atoms with Crippen molar-refractivity contribution in [2.24, 2.45) is 0 Å². The first-order chi connectivity index (χ1) is 10.1. The Morgan fingerprint density at radius 2 is 1.71 bits per heavy atom. The molecule has 1 rings (SSSR count). The molecule has 0 amide bonds. The summed E-state index contributed by atoms with van der Waals surface area (Å²) in [7, 11) is 0. The normalized spacial score (nSPS) is 10.6. The first-order valence-corrected chi connectivity index (χ1v) is 8.60. The minimum Gasteiger partial charge on any atom is -0.492 e. The molecule has 0 saturated heterocycles. The summed E-state index contributed by atoms with van der Waals surface area (Å²) in [5.41, 5.74) is 0.265. The molecule has 3 nitrogen and oxygen atoms in total. The zero-order valence-electron chi connectivity index (χ0n) is 12.7. The highest BCUT2D eigenvalue weighted by Crippen LogP contribution is 2.26. The Morgan fingerprint density at radius 1 is 1.10 bits per heavy atom. The molecule has 21 heavy (non-hydrogen) atoms. The van der Waals surface area contributed by atoms with Crippen molar-refractivity contribution in [1.29, 1.82) is 0 Å². The van der Waals surface area contributed by atoms with E-state index in [0.29, 0.717) is 16.8 Å². The molecule has 4 heteroatoms. The summed E-state index contributed by atoms with van der Waals surface area (Å²) in [5, 5.41) is 8.89. The van der Waals surface area contributed by atoms with Gasteiger partial charge >= 0.3 is 5.97 Å². The summed E-state index contributed by atoms with van der Waals surface area (Å²) in [6, 6.07) is 4.85. The van der Waals surface area contributed by atoms with Gasteiger partial charge in [-0.3, -0.25) is 0 Å². The summed E-state index contributed by atoms with van der Waals surface area (Å²) in [5.74, 6) is -0.215. The monoisotopic (exact) mass is 356 g/mol. The molecule has 0 unspecified atom stereocenters. The Morgan fingerprint density at radius 3 is 2.29 bits per heavy atom. The number of carboxylic acids is 1. The minimum atomic E-state index is -0.926. The zero-order chi connectivity index (χ0) is 15.5. The fraction of sp³-hybridized carbons (Fsp3) is 0.588. The van der Waals surface area contributed by atoms with E-state index in [1.807, 2.05) is 0 Å². The van der Waals surface area contributed by atoms with Gasteiger partial charge < -0.3 is 9.84 Å². The molecule has 0 aliphatic heterocycles. The number of carboxylic acid groups (broad SMARTS) is 1. The highest BCUT2D eigenvalue weighted by molar-refractivity contribution is 9.10. The van der Waals surface area contributed by atoms with E-state index in [4.69, 9.17) is 9.84 Å². The Balaban J connectivity index is 2.14. The molecule has 0 bridgehead atoms. The molecular formula is C17H25BrO3. The second kappa shape index (κ2) is 10.7. The molecule has 0 aromatic heterocycles. The van der Waals surface area contributed by atoms with Gasteiger partial charge in [0.25, 0.3) is 0 Å². The molecular weight excluding hydrogens is 332 g/mol. The molecule has 0 saturated carbocycles. The van der Waals surface area contributed by atoms with E-state index in [2.05, 4.69) is 22.9 Å². The van der Waals surface area contributed by atoms with E-state index < -0.39 is 5.97 Å². The van der Waals surface area contributed by atoms with Crippen LogP contribution in [-0.2, 0) is 0 Å². The smallest absolute Gasteiger partial charge is 0.335 e. The van der Waals surface area contributed by atoms with Gasteiger partial charge in [0.1, 0.15) is 5.75 Å². The Bertz CT molecular complexity index is 432. The van der Waals surface area contributed by atoms with E-state index in [-0.39, 0.29) is 5.56 Å². The molecule has 0 radical (unpaired) electrons. The third-order valence-electron chi connectivity index (χ3n) is 3.43. The van der Waals surface area contributed by atoms with E-state index in [0.717, 1.165) is 6.42 Å². The average Bonchev–Trinajstić information content (AvgIpc) is 2.46. The van der Waals surface area contributed by atoms with Crippen LogP contribution in [0.4, 0.5) is 0 Å². The number of carbonyl (C=O) groups is 1. The maximum absolute atomic E-state index is 10.8. The standard InChI is InChI=1S/C17H25BrO3/c1-2-3-4-5-6-7-8-9-12-21-16-11-10-14(17(19)20)13-15(16)18/h10-11,13H,2-9,12H2,1H3,(H,19,20). The van der Waals surface area contributed by atoms with Crippen LogP contribution >= 0.6 is 15.9 Å². The first-order valence-electron chi connectivity index (χ1n) is 7.80. The molecule has 0 aliphatic rings. The third-order valence-corrected chi connectivity index (χ3v) is 4.05. The number of hydrogen-bond donors (Lipinski definition) is 1. The average molecular weight is 357 g/mol. The van der Waals surface area contributed by atoms with Crippen LogP contribution in [0.3, 0.4) is 0 Å². The first kappa shape index (κ1) is 18.0. The minimum absolute atomic E-state index is 0.265. The van der Waals surface area contributed by atoms with E-state index in [1.165, 1.54) is 44.9 Å². The highest BCUT2D eigenvalue weighted by Gasteiger charge is 2.07. The van der Waals surface area contributed by atoms with Crippen molar-refractivity contribution in [3.8, 4) is 5.75 Å². The SMILES string of the molecule is CCCCCCCCCCOc1ccc(C(=O)O)cc1Br. The maximum Gasteiger partial charge on any atom is 0.335 e. The molecule has 1 aromatic rings. The Labute approximate surface area is 135 Å². The van der Waals surface area contributed by atoms with Crippen LogP contribution in [0.1, 0.15) is 68.6 Å². The highest BCUT2D eigenvalue weighted by atomic mass is 79.9. The van der Waals surface area contributed by atoms with Crippen LogP contribution in [0, 0.1) is 0 Å². The lowest BCUT2D eigenvalue weighted by atomic mass is 10.1. The van der Waals surface area contributed by atoms with Crippen molar-refractivity contribution in [3.63, 3.8) is 0 Å². The van der Waals surface area contributed by atoms with Gasteiger partial charge in [-0.05, 0) is 40.5 Å². The van der Waals surface area contributed by atoms with Crippen LogP contribution in [0.15, 0.2) is 22.7 Å². The van der Waals surface area contributed by atoms with Crippen molar-refractivity contribution in [2.75, 3.05) is 6.61 Å². The van der Waals surface area contributed by atoms with Gasteiger partial charge in [0.2, 0.25) is 0 Å². The number of hydrogen-bond acceptors (Lipinski definition) is 2. The van der Waals surface area contributed by atoms with Gasteiger partial charge in [-0.1, -0.05) is 51.9 Å². The molecule has 0 aliphatic carbocycles. The number of benzene rings is 1. The summed E-state index contributed by atoms with van der Waals surface area (Å²) in [4.78, 5) is 10.8. The second-order valence-electron chi connectivity index (χ2n) is 5.27. The fourth-order valence-electron chi connectivity index (χ4n) is 2.17. The quantitative estimate of drug-likeness (QED) is 0.519. The lowest BCUT2D eigenvalue weighted by molar-refractivity contribution is 0.0697. The van der Waals surface area contributed by atoms with Crippen molar-refractivity contribution in [2.45, 2.75) is 58.3 Å². The summed E-state index contributed by atoms with van der Waals surface area (Å²) >= 11 is 3.35. The number of aromatic carboxylic acids is 1. The molecule has 1 N–H and O–H groups in total. The predicted molar refractivity (Wildman–Crippen MR) is 89.2 cm³/mol. The largest absolute Gasteiger partial charge is 0.492 e. The maximum atomic E-state index is 10.8. The van der Waals surface area contributed by atoms with Crippen LogP contribution in [-0.4, -0.2) is 17.7 Å². The molecule has 118 valence electrons. The van der Waals surface area contributed by atoms with Gasteiger partial charge in [0, 0.05) is 0 Å². The predicted octanol–water partition coefficient (Wildman–Crippen LogP) is 5.67. The van der Waals surface area contributed by atoms with Gasteiger partial charge in [0.05, 0.1) is 16.6 Å². The van der Waals surface area contributed by atoms with E-state index in [1.54, 1.807) is 18.2 Å². The summed E-state index contributed by atoms with van der Waals surface area (Å²) in [6.07, 6.45) is 10.2. The van der Waals surface area contributed by atoms with Crippen molar-refractivity contribution in [3.05, 3.63) is 28.2 Å². The number of ether oxygens (including phenoxy) is 1. The van der Waals surface area contributed by atoms with Crippen LogP contribution < -0.4 is 4.74 Å². The summed E-state index contributed by atoms with van der Waals surface area (Å²) in [6.45, 7) is 2.92. The topological polar surface area (TPSA) is 46.5 Å². The molecule has 0 fully saturated rings. The number of unbranched alkanes of at least 4 members (excludes halogenated alkanes) is 7. The Kier molecular flexibility index (Phi) is 9.15. The van der Waals surface area contributed by atoms with Crippen LogP contribution in [0.25, 0.3) is 0 Å². The van der Waals surface area contributed by atoms with Gasteiger partial charge in [-0.15, -0.1) is 0 Å². The van der Waals surface area contributed by atoms with Crippen LogP contribution in [0.2, 0.25) is 0 Å². The molecule has 0 spiro atoms. The van der Waals surface area contributed by atoms with Gasteiger partial charge in [0.15, 0.2) is 0 Å². The summed E-state index contributed by atoms with van der Waals surface area (Å²) < 4.78 is 6.37. The van der Waals surface area contributed by atoms with Gasteiger partial charge in [-0.2, -0.15) is 0 Å². The molecule has 0 heterocycles. The second-order valence-corrected chi connectivity index (χ2v) is 6.13. The van der Waals surface area contributed by atoms with E-state index in [9.17, 15) is 4.79 Å². The number of halogens is 1. The molecule has 0 atom stereocenters. The van der Waals surface area contributed by atoms with Crippen molar-refractivity contribution >= 4 is 21.9 Å². The zero-order valence-corrected chi connectivity index (χ0v) is 14.3.